The molecule has 1 amide bonds. The van der Waals surface area contributed by atoms with Gasteiger partial charge in [0.1, 0.15) is 5.82 Å². The van der Waals surface area contributed by atoms with E-state index in [-0.39, 0.29) is 18.7 Å². The van der Waals surface area contributed by atoms with Gasteiger partial charge in [0.2, 0.25) is 5.91 Å². The predicted molar refractivity (Wildman–Crippen MR) is 64.6 cm³/mol. The van der Waals surface area contributed by atoms with Gasteiger partial charge in [-0.1, -0.05) is 18.2 Å². The Balaban J connectivity index is 2.65. The predicted octanol–water partition coefficient (Wildman–Crippen LogP) is 1.69. The summed E-state index contributed by atoms with van der Waals surface area (Å²) >= 11 is 0. The molecule has 0 fully saturated rings. The van der Waals surface area contributed by atoms with Gasteiger partial charge in [-0.25, -0.2) is 4.39 Å². The molecule has 0 spiro atoms. The van der Waals surface area contributed by atoms with Crippen molar-refractivity contribution in [3.05, 3.63) is 35.6 Å². The van der Waals surface area contributed by atoms with E-state index in [2.05, 4.69) is 0 Å². The lowest BCUT2D eigenvalue weighted by Gasteiger charge is -2.23. The van der Waals surface area contributed by atoms with Gasteiger partial charge in [-0.2, -0.15) is 0 Å². The molecule has 0 saturated heterocycles. The van der Waals surface area contributed by atoms with Gasteiger partial charge in [0.05, 0.1) is 12.8 Å². The molecule has 0 saturated carbocycles. The average molecular weight is 253 g/mol. The summed E-state index contributed by atoms with van der Waals surface area (Å²) in [5.41, 5.74) is 0.317. The first-order valence-electron chi connectivity index (χ1n) is 5.62. The van der Waals surface area contributed by atoms with E-state index in [0.717, 1.165) is 0 Å². The van der Waals surface area contributed by atoms with Crippen LogP contribution in [-0.4, -0.2) is 35.0 Å². The fraction of sp³-hybridized carbons (Fsp3) is 0.385. The molecule has 1 aromatic carbocycles. The van der Waals surface area contributed by atoms with Crippen LogP contribution in [0.3, 0.4) is 0 Å². The molecule has 0 aliphatic rings. The molecule has 5 heteroatoms. The minimum absolute atomic E-state index is 0.0624. The zero-order valence-corrected chi connectivity index (χ0v) is 10.4. The molecule has 1 N–H and O–H groups in total. The molecular formula is C13H16FNO3. The van der Waals surface area contributed by atoms with Gasteiger partial charge in [0, 0.05) is 13.1 Å². The van der Waals surface area contributed by atoms with Crippen LogP contribution < -0.4 is 0 Å². The summed E-state index contributed by atoms with van der Waals surface area (Å²) < 4.78 is 13.4. The highest BCUT2D eigenvalue weighted by atomic mass is 19.1. The van der Waals surface area contributed by atoms with E-state index in [9.17, 15) is 14.0 Å². The molecule has 1 aromatic rings. The van der Waals surface area contributed by atoms with Crippen LogP contribution in [0.1, 0.15) is 18.9 Å². The first-order chi connectivity index (χ1) is 8.41. The van der Waals surface area contributed by atoms with Crippen molar-refractivity contribution in [2.24, 2.45) is 0 Å². The fourth-order valence-corrected chi connectivity index (χ4v) is 1.56. The molecule has 0 heterocycles. The number of amides is 1. The maximum Gasteiger partial charge on any atom is 0.305 e. The van der Waals surface area contributed by atoms with Crippen LogP contribution in [0.15, 0.2) is 24.3 Å². The first kappa shape index (κ1) is 14.2. The van der Waals surface area contributed by atoms with Gasteiger partial charge in [-0.15, -0.1) is 0 Å². The lowest BCUT2D eigenvalue weighted by atomic mass is 10.1. The maximum absolute atomic E-state index is 13.4. The summed E-state index contributed by atoms with van der Waals surface area (Å²) in [5, 5.41) is 8.65. The third kappa shape index (κ3) is 3.84. The highest BCUT2D eigenvalue weighted by Crippen LogP contribution is 2.10. The van der Waals surface area contributed by atoms with Crippen molar-refractivity contribution in [3.8, 4) is 0 Å². The molecule has 0 aromatic heterocycles. The molecule has 1 rings (SSSR count). The van der Waals surface area contributed by atoms with E-state index in [4.69, 9.17) is 5.11 Å². The zero-order valence-electron chi connectivity index (χ0n) is 10.4. The number of hydrogen-bond donors (Lipinski definition) is 1. The standard InChI is InChI=1S/C13H16FNO3/c1-9(7-13(17)18)15(2)12(16)8-10-5-3-4-6-11(10)14/h3-6,9H,7-8H2,1-2H3,(H,17,18). The van der Waals surface area contributed by atoms with Gasteiger partial charge < -0.3 is 10.0 Å². The Morgan fingerprint density at radius 2 is 2.00 bits per heavy atom. The van der Waals surface area contributed by atoms with E-state index in [0.29, 0.717) is 5.56 Å². The summed E-state index contributed by atoms with van der Waals surface area (Å²) in [6, 6.07) is 5.64. The molecule has 1 atom stereocenters. The second-order valence-electron chi connectivity index (χ2n) is 4.22. The Kier molecular flexibility index (Phi) is 4.83. The highest BCUT2D eigenvalue weighted by molar-refractivity contribution is 5.79. The van der Waals surface area contributed by atoms with Crippen molar-refractivity contribution >= 4 is 11.9 Å². The Labute approximate surface area is 105 Å². The average Bonchev–Trinajstić information content (AvgIpc) is 2.30. The topological polar surface area (TPSA) is 57.6 Å². The van der Waals surface area contributed by atoms with E-state index in [1.165, 1.54) is 18.0 Å². The van der Waals surface area contributed by atoms with E-state index in [1.807, 2.05) is 0 Å². The van der Waals surface area contributed by atoms with Crippen molar-refractivity contribution in [1.29, 1.82) is 0 Å². The summed E-state index contributed by atoms with van der Waals surface area (Å²) in [6.07, 6.45) is -0.188. The van der Waals surface area contributed by atoms with Gasteiger partial charge in [-0.05, 0) is 18.6 Å². The number of benzene rings is 1. The summed E-state index contributed by atoms with van der Waals surface area (Å²) in [7, 11) is 1.52. The third-order valence-electron chi connectivity index (χ3n) is 2.82. The Morgan fingerprint density at radius 1 is 1.39 bits per heavy atom. The van der Waals surface area contributed by atoms with Crippen LogP contribution in [0.5, 0.6) is 0 Å². The molecule has 1 unspecified atom stereocenters. The number of carbonyl (C=O) groups is 2. The van der Waals surface area contributed by atoms with Crippen LogP contribution in [-0.2, 0) is 16.0 Å². The van der Waals surface area contributed by atoms with Crippen LogP contribution in [0.2, 0.25) is 0 Å². The summed E-state index contributed by atoms with van der Waals surface area (Å²) in [6.45, 7) is 1.65. The lowest BCUT2D eigenvalue weighted by molar-refractivity contribution is -0.139. The number of carboxylic acid groups (broad SMARTS) is 1. The van der Waals surface area contributed by atoms with Crippen molar-refractivity contribution in [2.75, 3.05) is 7.05 Å². The molecular weight excluding hydrogens is 237 g/mol. The van der Waals surface area contributed by atoms with Crippen molar-refractivity contribution in [2.45, 2.75) is 25.8 Å². The molecule has 0 radical (unpaired) electrons. The number of hydrogen-bond acceptors (Lipinski definition) is 2. The maximum atomic E-state index is 13.4. The lowest BCUT2D eigenvalue weighted by Crippen LogP contribution is -2.37. The van der Waals surface area contributed by atoms with E-state index >= 15 is 0 Å². The number of rotatable bonds is 5. The van der Waals surface area contributed by atoms with E-state index in [1.54, 1.807) is 25.1 Å². The second-order valence-corrected chi connectivity index (χ2v) is 4.22. The quantitative estimate of drug-likeness (QED) is 0.868. The minimum Gasteiger partial charge on any atom is -0.481 e. The van der Waals surface area contributed by atoms with Gasteiger partial charge in [0.25, 0.3) is 0 Å². The fourth-order valence-electron chi connectivity index (χ4n) is 1.56. The third-order valence-corrected chi connectivity index (χ3v) is 2.82. The molecule has 18 heavy (non-hydrogen) atoms. The van der Waals surface area contributed by atoms with Crippen LogP contribution in [0.4, 0.5) is 4.39 Å². The van der Waals surface area contributed by atoms with E-state index < -0.39 is 17.8 Å². The van der Waals surface area contributed by atoms with Crippen molar-refractivity contribution in [1.82, 2.24) is 4.90 Å². The van der Waals surface area contributed by atoms with Crippen LogP contribution in [0.25, 0.3) is 0 Å². The van der Waals surface area contributed by atoms with Crippen molar-refractivity contribution < 1.29 is 19.1 Å². The number of carboxylic acids is 1. The number of carbonyl (C=O) groups excluding carboxylic acids is 1. The van der Waals surface area contributed by atoms with Crippen LogP contribution >= 0.6 is 0 Å². The van der Waals surface area contributed by atoms with Crippen molar-refractivity contribution in [3.63, 3.8) is 0 Å². The zero-order chi connectivity index (χ0) is 13.7. The number of likely N-dealkylation sites (N-methyl/N-ethyl adjacent to an activating group) is 1. The highest BCUT2D eigenvalue weighted by Gasteiger charge is 2.19. The molecule has 98 valence electrons. The summed E-state index contributed by atoms with van der Waals surface area (Å²) in [4.78, 5) is 23.7. The summed E-state index contributed by atoms with van der Waals surface area (Å²) in [5.74, 6) is -1.69. The Bertz CT molecular complexity index is 448. The largest absolute Gasteiger partial charge is 0.481 e. The number of aliphatic carboxylic acids is 1. The number of nitrogens with zero attached hydrogens (tertiary/aromatic N) is 1. The molecule has 4 nitrogen and oxygen atoms in total. The van der Waals surface area contributed by atoms with Gasteiger partial charge >= 0.3 is 5.97 Å². The second kappa shape index (κ2) is 6.14. The monoisotopic (exact) mass is 253 g/mol. The SMILES string of the molecule is CC(CC(=O)O)N(C)C(=O)Cc1ccccc1F. The first-order valence-corrected chi connectivity index (χ1v) is 5.62. The molecule has 0 aliphatic carbocycles. The normalized spacial score (nSPS) is 11.9. The Hall–Kier alpha value is -1.91. The van der Waals surface area contributed by atoms with Crippen LogP contribution in [0, 0.1) is 5.82 Å². The van der Waals surface area contributed by atoms with Gasteiger partial charge in [-0.3, -0.25) is 9.59 Å². The minimum atomic E-state index is -0.965. The number of halogens is 1. The smallest absolute Gasteiger partial charge is 0.305 e. The van der Waals surface area contributed by atoms with Gasteiger partial charge in [0.15, 0.2) is 0 Å². The molecule has 0 aliphatic heterocycles. The molecule has 0 bridgehead atoms. The Morgan fingerprint density at radius 3 is 2.56 bits per heavy atom.